The van der Waals surface area contributed by atoms with Gasteiger partial charge in [0.15, 0.2) is 0 Å². The van der Waals surface area contributed by atoms with Crippen LogP contribution in [0.3, 0.4) is 0 Å². The average Bonchev–Trinajstić information content (AvgIpc) is 2.72. The van der Waals surface area contributed by atoms with Crippen molar-refractivity contribution in [2.75, 3.05) is 13.1 Å². The van der Waals surface area contributed by atoms with E-state index in [0.29, 0.717) is 32.2 Å². The number of hydrogen-bond acceptors (Lipinski definition) is 8. The molecule has 0 aromatic heterocycles. The molecule has 0 aromatic rings. The molecule has 0 bridgehead atoms. The van der Waals surface area contributed by atoms with Crippen molar-refractivity contribution in [3.8, 4) is 0 Å². The largest absolute Gasteiger partial charge is 0.480 e. The molecule has 0 aliphatic heterocycles. The summed E-state index contributed by atoms with van der Waals surface area (Å²) in [5.74, 6) is -1.88. The smallest absolute Gasteiger partial charge is 0.408 e. The first kappa shape index (κ1) is 36.8. The number of ether oxygens (including phenoxy) is 3. The fourth-order valence-corrected chi connectivity index (χ4v) is 3.20. The van der Waals surface area contributed by atoms with Crippen molar-refractivity contribution in [3.05, 3.63) is 0 Å². The SMILES string of the molecule is CC(C)(C)OC(=O)NCCCC[C@H](NC(=O)[C@H](CCCCNC(=O)OC(C)(C)C)NC(=O)OC(C)(C)C)C(=O)O. The molecule has 0 saturated heterocycles. The number of carboxylic acid groups (broad SMARTS) is 1. The van der Waals surface area contributed by atoms with Crippen LogP contribution in [0.25, 0.3) is 0 Å². The van der Waals surface area contributed by atoms with Crippen LogP contribution in [0.4, 0.5) is 14.4 Å². The van der Waals surface area contributed by atoms with Gasteiger partial charge in [0.25, 0.3) is 0 Å². The highest BCUT2D eigenvalue weighted by Gasteiger charge is 2.28. The lowest BCUT2D eigenvalue weighted by Crippen LogP contribution is -2.52. The molecule has 0 radical (unpaired) electrons. The number of nitrogens with one attached hydrogen (secondary N) is 4. The Kier molecular flexibility index (Phi) is 15.4. The Balaban J connectivity index is 4.94. The van der Waals surface area contributed by atoms with E-state index < -0.39 is 59.0 Å². The second-order valence-corrected chi connectivity index (χ2v) is 12.4. The minimum absolute atomic E-state index is 0.121. The van der Waals surface area contributed by atoms with Gasteiger partial charge in [-0.1, -0.05) is 0 Å². The molecule has 0 saturated carbocycles. The number of hydrogen-bond donors (Lipinski definition) is 5. The number of unbranched alkanes of at least 4 members (excludes halogenated alkanes) is 2. The highest BCUT2D eigenvalue weighted by molar-refractivity contribution is 5.89. The Morgan fingerprint density at radius 3 is 1.32 bits per heavy atom. The summed E-state index contributed by atoms with van der Waals surface area (Å²) in [6.07, 6.45) is 0.204. The molecule has 0 aliphatic carbocycles. The number of carboxylic acids is 1. The third kappa shape index (κ3) is 20.7. The summed E-state index contributed by atoms with van der Waals surface area (Å²) in [4.78, 5) is 60.6. The molecule has 0 heterocycles. The summed E-state index contributed by atoms with van der Waals surface area (Å²) >= 11 is 0. The van der Waals surface area contributed by atoms with Crippen molar-refractivity contribution >= 4 is 30.2 Å². The van der Waals surface area contributed by atoms with Gasteiger partial charge in [-0.2, -0.15) is 0 Å². The topological polar surface area (TPSA) is 181 Å². The molecule has 4 amide bonds. The number of aliphatic carboxylic acids is 1. The van der Waals surface area contributed by atoms with Gasteiger partial charge in [-0.15, -0.1) is 0 Å². The van der Waals surface area contributed by atoms with Gasteiger partial charge in [0.1, 0.15) is 28.9 Å². The van der Waals surface area contributed by atoms with Crippen molar-refractivity contribution in [1.82, 2.24) is 21.3 Å². The molecule has 0 fully saturated rings. The lowest BCUT2D eigenvalue weighted by atomic mass is 10.1. The number of amides is 4. The molecule has 0 unspecified atom stereocenters. The zero-order valence-electron chi connectivity index (χ0n) is 25.5. The highest BCUT2D eigenvalue weighted by atomic mass is 16.6. The lowest BCUT2D eigenvalue weighted by Gasteiger charge is -2.24. The molecular weight excluding hydrogens is 524 g/mol. The van der Waals surface area contributed by atoms with Crippen molar-refractivity contribution in [2.24, 2.45) is 0 Å². The van der Waals surface area contributed by atoms with E-state index in [0.717, 1.165) is 0 Å². The first-order valence-electron chi connectivity index (χ1n) is 13.6. The fraction of sp³-hybridized carbons (Fsp3) is 0.815. The zero-order valence-corrected chi connectivity index (χ0v) is 25.5. The quantitative estimate of drug-likeness (QED) is 0.152. The maximum Gasteiger partial charge on any atom is 0.408 e. The van der Waals surface area contributed by atoms with Crippen molar-refractivity contribution < 1.29 is 43.3 Å². The molecule has 0 rings (SSSR count). The van der Waals surface area contributed by atoms with Gasteiger partial charge in [0, 0.05) is 13.1 Å². The standard InChI is InChI=1S/C27H50N4O9/c1-25(2,3)38-22(35)28-16-12-10-14-18(31-24(37)40-27(7,8)9)20(32)30-19(21(33)34)15-11-13-17-29-23(36)39-26(4,5)6/h18-19H,10-17H2,1-9H3,(H,28,35)(H,29,36)(H,30,32)(H,31,37)(H,33,34)/t18-,19-/m0/s1. The fourth-order valence-electron chi connectivity index (χ4n) is 3.20. The monoisotopic (exact) mass is 574 g/mol. The van der Waals surface area contributed by atoms with Gasteiger partial charge in [-0.3, -0.25) is 4.79 Å². The van der Waals surface area contributed by atoms with E-state index in [9.17, 15) is 29.1 Å². The second kappa shape index (κ2) is 16.8. The lowest BCUT2D eigenvalue weighted by molar-refractivity contribution is -0.142. The summed E-state index contributed by atoms with van der Waals surface area (Å²) in [6.45, 7) is 16.1. The van der Waals surface area contributed by atoms with Crippen LogP contribution >= 0.6 is 0 Å². The van der Waals surface area contributed by atoms with E-state index in [-0.39, 0.29) is 19.4 Å². The normalized spacial score (nSPS) is 13.3. The Labute approximate surface area is 237 Å². The predicted octanol–water partition coefficient (Wildman–Crippen LogP) is 3.84. The number of rotatable bonds is 14. The van der Waals surface area contributed by atoms with Crippen LogP contribution in [-0.2, 0) is 23.8 Å². The molecule has 2 atom stereocenters. The Hall–Kier alpha value is -3.25. The minimum atomic E-state index is -1.22. The van der Waals surface area contributed by atoms with E-state index in [4.69, 9.17) is 14.2 Å². The maximum absolute atomic E-state index is 13.0. The molecule has 5 N–H and O–H groups in total. The van der Waals surface area contributed by atoms with E-state index in [1.165, 1.54) is 0 Å². The molecule has 0 spiro atoms. The van der Waals surface area contributed by atoms with E-state index >= 15 is 0 Å². The van der Waals surface area contributed by atoms with E-state index in [1.54, 1.807) is 62.3 Å². The molecule has 13 heteroatoms. The van der Waals surface area contributed by atoms with Gasteiger partial charge in [0.05, 0.1) is 0 Å². The number of carbonyl (C=O) groups is 5. The summed E-state index contributed by atoms with van der Waals surface area (Å²) in [6, 6.07) is -2.24. The van der Waals surface area contributed by atoms with Crippen LogP contribution in [0.2, 0.25) is 0 Å². The average molecular weight is 575 g/mol. The molecule has 40 heavy (non-hydrogen) atoms. The molecule has 0 aromatic carbocycles. The van der Waals surface area contributed by atoms with Crippen molar-refractivity contribution in [1.29, 1.82) is 0 Å². The third-order valence-corrected chi connectivity index (χ3v) is 4.80. The predicted molar refractivity (Wildman–Crippen MR) is 149 cm³/mol. The first-order chi connectivity index (χ1) is 18.2. The maximum atomic E-state index is 13.0. The van der Waals surface area contributed by atoms with Crippen LogP contribution < -0.4 is 21.3 Å². The first-order valence-corrected chi connectivity index (χ1v) is 13.6. The van der Waals surface area contributed by atoms with Gasteiger partial charge in [-0.05, 0) is 101 Å². The van der Waals surface area contributed by atoms with Gasteiger partial charge >= 0.3 is 24.2 Å². The van der Waals surface area contributed by atoms with Crippen LogP contribution in [0.15, 0.2) is 0 Å². The Bertz CT molecular complexity index is 842. The zero-order chi connectivity index (χ0) is 31.1. The summed E-state index contributed by atoms with van der Waals surface area (Å²) in [7, 11) is 0. The van der Waals surface area contributed by atoms with Crippen LogP contribution in [0, 0.1) is 0 Å². The minimum Gasteiger partial charge on any atom is -0.480 e. The van der Waals surface area contributed by atoms with Gasteiger partial charge in [0.2, 0.25) is 5.91 Å². The number of carbonyl (C=O) groups excluding carboxylic acids is 4. The van der Waals surface area contributed by atoms with Gasteiger partial charge < -0.3 is 40.6 Å². The molecular formula is C27H50N4O9. The van der Waals surface area contributed by atoms with Crippen LogP contribution in [0.1, 0.15) is 101 Å². The number of alkyl carbamates (subject to hydrolysis) is 3. The Morgan fingerprint density at radius 1 is 0.575 bits per heavy atom. The van der Waals surface area contributed by atoms with Crippen molar-refractivity contribution in [2.45, 2.75) is 130 Å². The van der Waals surface area contributed by atoms with Crippen LogP contribution in [-0.4, -0.2) is 77.2 Å². The van der Waals surface area contributed by atoms with Gasteiger partial charge in [-0.25, -0.2) is 19.2 Å². The molecule has 232 valence electrons. The summed E-state index contributed by atoms with van der Waals surface area (Å²) in [5, 5.41) is 19.9. The second-order valence-electron chi connectivity index (χ2n) is 12.4. The highest BCUT2D eigenvalue weighted by Crippen LogP contribution is 2.11. The summed E-state index contributed by atoms with van der Waals surface area (Å²) in [5.41, 5.74) is -2.04. The van der Waals surface area contributed by atoms with E-state index in [1.807, 2.05) is 0 Å². The summed E-state index contributed by atoms with van der Waals surface area (Å²) < 4.78 is 15.6. The van der Waals surface area contributed by atoms with Crippen LogP contribution in [0.5, 0.6) is 0 Å². The van der Waals surface area contributed by atoms with Crippen molar-refractivity contribution in [3.63, 3.8) is 0 Å². The van der Waals surface area contributed by atoms with E-state index in [2.05, 4.69) is 21.3 Å². The molecule has 0 aliphatic rings. The Morgan fingerprint density at radius 2 is 0.950 bits per heavy atom. The molecule has 13 nitrogen and oxygen atoms in total. The third-order valence-electron chi connectivity index (χ3n) is 4.80.